The normalized spacial score (nSPS) is 16.4. The van der Waals surface area contributed by atoms with Crippen LogP contribution in [0.25, 0.3) is 10.9 Å². The average molecular weight is 373 g/mol. The molecule has 0 saturated heterocycles. The van der Waals surface area contributed by atoms with E-state index >= 15 is 0 Å². The summed E-state index contributed by atoms with van der Waals surface area (Å²) in [6.45, 7) is 0.622. The van der Waals surface area contributed by atoms with Crippen molar-refractivity contribution in [3.8, 4) is 5.75 Å². The van der Waals surface area contributed by atoms with E-state index in [-0.39, 0.29) is 23.6 Å². The van der Waals surface area contributed by atoms with E-state index in [1.54, 1.807) is 6.20 Å². The Labute approximate surface area is 161 Å². The van der Waals surface area contributed by atoms with Crippen LogP contribution in [0.3, 0.4) is 0 Å². The van der Waals surface area contributed by atoms with E-state index < -0.39 is 0 Å². The molecule has 5 rings (SSSR count). The second-order valence-corrected chi connectivity index (χ2v) is 7.21. The number of allylic oxidation sites excluding steroid dienone is 2. The highest BCUT2D eigenvalue weighted by Crippen LogP contribution is 2.51. The molecule has 1 fully saturated rings. The van der Waals surface area contributed by atoms with E-state index in [1.165, 1.54) is 19.1 Å². The van der Waals surface area contributed by atoms with Gasteiger partial charge in [0, 0.05) is 23.5 Å². The van der Waals surface area contributed by atoms with Crippen LogP contribution in [0.1, 0.15) is 29.2 Å². The van der Waals surface area contributed by atoms with Gasteiger partial charge in [0.2, 0.25) is 5.89 Å². The van der Waals surface area contributed by atoms with E-state index in [0.29, 0.717) is 18.2 Å². The van der Waals surface area contributed by atoms with E-state index in [2.05, 4.69) is 33.5 Å². The number of hydrogen-bond donors (Lipinski definition) is 1. The third-order valence-corrected chi connectivity index (χ3v) is 5.11. The standard InChI is InChI=1S/C22H19N3O3/c26-21(24-12-15-6-7-22(11-15)8-9-22)17-13-28-19(25-17)14-27-18-5-1-3-16-4-2-10-23-20(16)18/h1-7,10-11,13H,8-9,12,14H2,(H,24,26). The molecule has 28 heavy (non-hydrogen) atoms. The molecule has 2 aromatic heterocycles. The fourth-order valence-electron chi connectivity index (χ4n) is 3.39. The lowest BCUT2D eigenvalue weighted by Gasteiger charge is -2.06. The summed E-state index contributed by atoms with van der Waals surface area (Å²) < 4.78 is 11.2. The molecule has 1 spiro atoms. The number of aromatic nitrogens is 2. The first-order valence-corrected chi connectivity index (χ1v) is 9.31. The van der Waals surface area contributed by atoms with Crippen LogP contribution in [0, 0.1) is 5.41 Å². The van der Waals surface area contributed by atoms with Crippen LogP contribution in [0.2, 0.25) is 0 Å². The van der Waals surface area contributed by atoms with E-state index in [4.69, 9.17) is 9.15 Å². The largest absolute Gasteiger partial charge is 0.482 e. The lowest BCUT2D eigenvalue weighted by Crippen LogP contribution is -2.25. The Balaban J connectivity index is 1.20. The number of rotatable bonds is 6. The Kier molecular flexibility index (Phi) is 3.97. The van der Waals surface area contributed by atoms with Gasteiger partial charge < -0.3 is 14.5 Å². The highest BCUT2D eigenvalue weighted by molar-refractivity contribution is 5.92. The highest BCUT2D eigenvalue weighted by Gasteiger charge is 2.40. The maximum atomic E-state index is 12.3. The lowest BCUT2D eigenvalue weighted by molar-refractivity contribution is 0.0952. The monoisotopic (exact) mass is 373 g/mol. The molecule has 0 unspecified atom stereocenters. The second-order valence-electron chi connectivity index (χ2n) is 7.21. The first kappa shape index (κ1) is 16.7. The number of fused-ring (bicyclic) bond motifs is 1. The van der Waals surface area contributed by atoms with Gasteiger partial charge in [0.25, 0.3) is 5.91 Å². The number of carbonyl (C=O) groups is 1. The molecule has 0 aliphatic heterocycles. The number of ether oxygens (including phenoxy) is 1. The van der Waals surface area contributed by atoms with Crippen molar-refractivity contribution in [2.45, 2.75) is 19.4 Å². The predicted molar refractivity (Wildman–Crippen MR) is 104 cm³/mol. The molecule has 2 aliphatic carbocycles. The summed E-state index contributed by atoms with van der Waals surface area (Å²) in [4.78, 5) is 20.9. The molecule has 1 aromatic carbocycles. The summed E-state index contributed by atoms with van der Waals surface area (Å²) in [5.41, 5.74) is 2.45. The van der Waals surface area contributed by atoms with Crippen LogP contribution in [-0.2, 0) is 6.61 Å². The summed E-state index contributed by atoms with van der Waals surface area (Å²) in [5.74, 6) is 0.735. The molecule has 1 N–H and O–H groups in total. The van der Waals surface area contributed by atoms with Gasteiger partial charge in [-0.15, -0.1) is 0 Å². The van der Waals surface area contributed by atoms with Crippen LogP contribution < -0.4 is 10.1 Å². The Morgan fingerprint density at radius 2 is 2.14 bits per heavy atom. The molecule has 2 aliphatic rings. The summed E-state index contributed by atoms with van der Waals surface area (Å²) in [6, 6.07) is 9.59. The van der Waals surface area contributed by atoms with Gasteiger partial charge in [-0.05, 0) is 30.5 Å². The molecular weight excluding hydrogens is 354 g/mol. The van der Waals surface area contributed by atoms with Gasteiger partial charge in [0.1, 0.15) is 17.5 Å². The van der Waals surface area contributed by atoms with Crippen LogP contribution in [0.5, 0.6) is 5.75 Å². The topological polar surface area (TPSA) is 77.2 Å². The van der Waals surface area contributed by atoms with Gasteiger partial charge in [-0.3, -0.25) is 9.78 Å². The Bertz CT molecular complexity index is 1100. The van der Waals surface area contributed by atoms with Crippen molar-refractivity contribution in [2.75, 3.05) is 6.54 Å². The molecule has 0 radical (unpaired) electrons. The molecule has 0 bridgehead atoms. The predicted octanol–water partition coefficient (Wildman–Crippen LogP) is 3.81. The van der Waals surface area contributed by atoms with Gasteiger partial charge in [-0.1, -0.05) is 36.4 Å². The summed E-state index contributed by atoms with van der Waals surface area (Å²) in [7, 11) is 0. The third kappa shape index (κ3) is 3.29. The number of amides is 1. The number of para-hydroxylation sites is 1. The Hall–Kier alpha value is -3.41. The first-order valence-electron chi connectivity index (χ1n) is 9.31. The fraction of sp³-hybridized carbons (Fsp3) is 0.227. The summed E-state index contributed by atoms with van der Waals surface area (Å²) >= 11 is 0. The minimum Gasteiger partial charge on any atom is -0.482 e. The maximum absolute atomic E-state index is 12.3. The number of nitrogens with zero attached hydrogens (tertiary/aromatic N) is 2. The summed E-state index contributed by atoms with van der Waals surface area (Å²) in [5, 5.41) is 3.88. The number of hydrogen-bond acceptors (Lipinski definition) is 5. The smallest absolute Gasteiger partial charge is 0.273 e. The summed E-state index contributed by atoms with van der Waals surface area (Å²) in [6.07, 6.45) is 12.1. The van der Waals surface area contributed by atoms with Gasteiger partial charge in [-0.2, -0.15) is 0 Å². The molecule has 2 heterocycles. The highest BCUT2D eigenvalue weighted by atomic mass is 16.5. The second kappa shape index (κ2) is 6.64. The van der Waals surface area contributed by atoms with Crippen molar-refractivity contribution in [1.29, 1.82) is 0 Å². The Morgan fingerprint density at radius 1 is 1.25 bits per heavy atom. The zero-order valence-corrected chi connectivity index (χ0v) is 15.2. The van der Waals surface area contributed by atoms with Crippen molar-refractivity contribution in [1.82, 2.24) is 15.3 Å². The number of oxazole rings is 1. The van der Waals surface area contributed by atoms with Gasteiger partial charge in [-0.25, -0.2) is 4.98 Å². The fourth-order valence-corrected chi connectivity index (χ4v) is 3.39. The van der Waals surface area contributed by atoms with Gasteiger partial charge in [0.15, 0.2) is 12.3 Å². The van der Waals surface area contributed by atoms with Crippen molar-refractivity contribution in [3.63, 3.8) is 0 Å². The van der Waals surface area contributed by atoms with Crippen LogP contribution in [0.15, 0.2) is 71.0 Å². The van der Waals surface area contributed by atoms with Crippen LogP contribution in [0.4, 0.5) is 0 Å². The van der Waals surface area contributed by atoms with E-state index in [1.807, 2.05) is 30.3 Å². The van der Waals surface area contributed by atoms with Crippen molar-refractivity contribution >= 4 is 16.8 Å². The van der Waals surface area contributed by atoms with Gasteiger partial charge in [0.05, 0.1) is 0 Å². The molecule has 3 aromatic rings. The van der Waals surface area contributed by atoms with Crippen molar-refractivity contribution in [3.05, 3.63) is 78.2 Å². The minimum atomic E-state index is -0.257. The van der Waals surface area contributed by atoms with Gasteiger partial charge >= 0.3 is 0 Å². The number of benzene rings is 1. The quantitative estimate of drug-likeness (QED) is 0.711. The van der Waals surface area contributed by atoms with Crippen LogP contribution in [-0.4, -0.2) is 22.4 Å². The first-order chi connectivity index (χ1) is 13.7. The van der Waals surface area contributed by atoms with Crippen molar-refractivity contribution in [2.24, 2.45) is 5.41 Å². The molecule has 1 saturated carbocycles. The zero-order valence-electron chi connectivity index (χ0n) is 15.2. The number of pyridine rings is 1. The molecular formula is C22H19N3O3. The molecule has 0 atom stereocenters. The zero-order chi connectivity index (χ0) is 19.0. The maximum Gasteiger partial charge on any atom is 0.273 e. The molecule has 140 valence electrons. The SMILES string of the molecule is O=C(NCC1=CC2(C=C1)CC2)c1coc(COc2cccc3cccnc23)n1. The molecule has 6 nitrogen and oxygen atoms in total. The minimum absolute atomic E-state index is 0.124. The number of nitrogens with one attached hydrogen (secondary N) is 1. The average Bonchev–Trinajstić information content (AvgIpc) is 3.13. The lowest BCUT2D eigenvalue weighted by atomic mass is 10.1. The van der Waals surface area contributed by atoms with Crippen molar-refractivity contribution < 1.29 is 13.9 Å². The molecule has 6 heteroatoms. The van der Waals surface area contributed by atoms with E-state index in [9.17, 15) is 4.79 Å². The molecule has 1 amide bonds. The Morgan fingerprint density at radius 3 is 3.00 bits per heavy atom. The third-order valence-electron chi connectivity index (χ3n) is 5.11. The van der Waals surface area contributed by atoms with Crippen LogP contribution >= 0.6 is 0 Å². The van der Waals surface area contributed by atoms with E-state index in [0.717, 1.165) is 16.5 Å². The number of carbonyl (C=O) groups excluding carboxylic acids is 1.